The number of hydrogen-bond acceptors (Lipinski definition) is 3. The van der Waals surface area contributed by atoms with E-state index in [-0.39, 0.29) is 12.0 Å². The topological polar surface area (TPSA) is 37.8 Å². The highest BCUT2D eigenvalue weighted by molar-refractivity contribution is 6.13. The number of fused-ring (bicyclic) bond motifs is 7. The highest BCUT2D eigenvalue weighted by atomic mass is 14.9. The van der Waals surface area contributed by atoms with Gasteiger partial charge in [-0.3, -0.25) is 0 Å². The zero-order valence-corrected chi connectivity index (χ0v) is 32.4. The molecule has 57 heavy (non-hydrogen) atoms. The van der Waals surface area contributed by atoms with Crippen molar-refractivity contribution in [2.45, 2.75) is 51.0 Å². The number of nitrogens with zero attached hydrogens (tertiary/aromatic N) is 2. The number of aryl methyl sites for hydroxylation is 2. The fraction of sp³-hybridized carbons (Fsp3) is 0.148. The molecule has 5 aromatic carbocycles. The predicted molar refractivity (Wildman–Crippen MR) is 241 cm³/mol. The lowest BCUT2D eigenvalue weighted by Crippen LogP contribution is -2.28. The third-order valence-electron chi connectivity index (χ3n) is 12.1. The second-order valence-corrected chi connectivity index (χ2v) is 15.6. The highest BCUT2D eigenvalue weighted by Crippen LogP contribution is 2.38. The van der Waals surface area contributed by atoms with Gasteiger partial charge in [0.25, 0.3) is 0 Å². The molecular formula is C54H45N3. The fourth-order valence-corrected chi connectivity index (χ4v) is 9.12. The molecule has 1 aromatic heterocycles. The molecule has 0 amide bonds. The van der Waals surface area contributed by atoms with E-state index in [2.05, 4.69) is 183 Å². The highest BCUT2D eigenvalue weighted by Gasteiger charge is 2.22. The lowest BCUT2D eigenvalue weighted by Gasteiger charge is -2.24. The van der Waals surface area contributed by atoms with Gasteiger partial charge in [0, 0.05) is 17.7 Å². The zero-order valence-electron chi connectivity index (χ0n) is 32.4. The summed E-state index contributed by atoms with van der Waals surface area (Å²) in [5, 5.41) is 11.1. The lowest BCUT2D eigenvalue weighted by molar-refractivity contribution is 0.690. The van der Waals surface area contributed by atoms with E-state index in [1.807, 2.05) is 0 Å². The van der Waals surface area contributed by atoms with Crippen molar-refractivity contribution in [1.82, 2.24) is 15.3 Å². The summed E-state index contributed by atoms with van der Waals surface area (Å²) in [6.45, 7) is 6.77. The molecule has 0 spiro atoms. The summed E-state index contributed by atoms with van der Waals surface area (Å²) in [5.41, 5.74) is 12.9. The van der Waals surface area contributed by atoms with Crippen LogP contribution >= 0.6 is 0 Å². The van der Waals surface area contributed by atoms with E-state index >= 15 is 0 Å². The van der Waals surface area contributed by atoms with Crippen molar-refractivity contribution >= 4 is 43.5 Å². The van der Waals surface area contributed by atoms with Crippen LogP contribution < -0.4 is 5.32 Å². The molecule has 0 radical (unpaired) electrons. The molecule has 10 rings (SSSR count). The Balaban J connectivity index is 1.03. The molecule has 3 heteroatoms. The molecule has 0 fully saturated rings. The molecule has 0 saturated carbocycles. The molecule has 1 N–H and O–H groups in total. The van der Waals surface area contributed by atoms with Gasteiger partial charge in [-0.2, -0.15) is 0 Å². The van der Waals surface area contributed by atoms with E-state index in [1.54, 1.807) is 0 Å². The minimum Gasteiger partial charge on any atom is -0.380 e. The van der Waals surface area contributed by atoms with Gasteiger partial charge in [-0.25, -0.2) is 9.97 Å². The molecule has 3 aliphatic carbocycles. The van der Waals surface area contributed by atoms with Crippen LogP contribution in [-0.2, 0) is 12.8 Å². The van der Waals surface area contributed by atoms with Crippen LogP contribution in [0.25, 0.3) is 54.7 Å². The van der Waals surface area contributed by atoms with Gasteiger partial charge in [-0.05, 0) is 134 Å². The molecule has 6 aromatic rings. The predicted octanol–water partition coefficient (Wildman–Crippen LogP) is 13.0. The maximum atomic E-state index is 5.37. The third-order valence-corrected chi connectivity index (χ3v) is 12.1. The van der Waals surface area contributed by atoms with Gasteiger partial charge in [0.15, 0.2) is 0 Å². The molecule has 4 aliphatic rings. The summed E-state index contributed by atoms with van der Waals surface area (Å²) in [6, 6.07) is 33.3. The third kappa shape index (κ3) is 6.53. The van der Waals surface area contributed by atoms with Crippen molar-refractivity contribution in [1.29, 1.82) is 0 Å². The maximum absolute atomic E-state index is 5.37. The first kappa shape index (κ1) is 34.9. The van der Waals surface area contributed by atoms with Crippen LogP contribution in [-0.4, -0.2) is 16.0 Å². The second-order valence-electron chi connectivity index (χ2n) is 15.6. The first-order valence-corrected chi connectivity index (χ1v) is 20.4. The summed E-state index contributed by atoms with van der Waals surface area (Å²) < 4.78 is 0. The molecule has 276 valence electrons. The minimum atomic E-state index is 0.0268. The molecule has 1 aliphatic heterocycles. The SMILES string of the molecule is C=C(/C=C\C(=C/C)c1cc2c(c3ccccc13)CCCC2)c1cc(-c2cc3ccccc3c3ccccc23)nc([C@H]2C=CC(C3=CNC4C=CC=CC4=C3)=CC2)n1. The van der Waals surface area contributed by atoms with Crippen molar-refractivity contribution in [2.24, 2.45) is 0 Å². The lowest BCUT2D eigenvalue weighted by atomic mass is 9.84. The molecule has 0 saturated heterocycles. The Hall–Kier alpha value is -6.58. The number of aromatic nitrogens is 2. The summed E-state index contributed by atoms with van der Waals surface area (Å²) in [4.78, 5) is 10.7. The first-order chi connectivity index (χ1) is 28.1. The molecule has 2 atom stereocenters. The van der Waals surface area contributed by atoms with E-state index in [9.17, 15) is 0 Å². The van der Waals surface area contributed by atoms with Crippen LogP contribution in [0.2, 0.25) is 0 Å². The fourth-order valence-electron chi connectivity index (χ4n) is 9.12. The first-order valence-electron chi connectivity index (χ1n) is 20.4. The Morgan fingerprint density at radius 3 is 2.39 bits per heavy atom. The number of hydrogen-bond donors (Lipinski definition) is 1. The van der Waals surface area contributed by atoms with Gasteiger partial charge >= 0.3 is 0 Å². The van der Waals surface area contributed by atoms with E-state index in [0.29, 0.717) is 0 Å². The smallest absolute Gasteiger partial charge is 0.136 e. The van der Waals surface area contributed by atoms with E-state index in [1.165, 1.54) is 84.1 Å². The van der Waals surface area contributed by atoms with E-state index in [4.69, 9.17) is 9.97 Å². The van der Waals surface area contributed by atoms with Crippen LogP contribution in [0.5, 0.6) is 0 Å². The van der Waals surface area contributed by atoms with Gasteiger partial charge < -0.3 is 5.32 Å². The molecule has 1 unspecified atom stereocenters. The van der Waals surface area contributed by atoms with Crippen LogP contribution in [0.1, 0.15) is 60.3 Å². The number of rotatable bonds is 7. The molecule has 2 heterocycles. The quantitative estimate of drug-likeness (QED) is 0.131. The van der Waals surface area contributed by atoms with Crippen LogP contribution in [0.3, 0.4) is 0 Å². The number of nitrogens with one attached hydrogen (secondary N) is 1. The summed E-state index contributed by atoms with van der Waals surface area (Å²) in [7, 11) is 0. The monoisotopic (exact) mass is 735 g/mol. The zero-order chi connectivity index (χ0) is 38.3. The Morgan fingerprint density at radius 1 is 0.754 bits per heavy atom. The van der Waals surface area contributed by atoms with Crippen LogP contribution in [0, 0.1) is 0 Å². The molecule has 0 bridgehead atoms. The van der Waals surface area contributed by atoms with Crippen molar-refractivity contribution in [3.63, 3.8) is 0 Å². The van der Waals surface area contributed by atoms with Gasteiger partial charge in [0.1, 0.15) is 5.82 Å². The average Bonchev–Trinajstić information content (AvgIpc) is 3.28. The number of benzene rings is 5. The molecular weight excluding hydrogens is 691 g/mol. The van der Waals surface area contributed by atoms with Crippen LogP contribution in [0.15, 0.2) is 187 Å². The van der Waals surface area contributed by atoms with Crippen molar-refractivity contribution in [3.05, 3.63) is 216 Å². The maximum Gasteiger partial charge on any atom is 0.136 e. The summed E-state index contributed by atoms with van der Waals surface area (Å²) in [6.07, 6.45) is 32.1. The normalized spacial score (nSPS) is 19.0. The largest absolute Gasteiger partial charge is 0.380 e. The van der Waals surface area contributed by atoms with Gasteiger partial charge in [0.2, 0.25) is 0 Å². The summed E-state index contributed by atoms with van der Waals surface area (Å²) >= 11 is 0. The van der Waals surface area contributed by atoms with Gasteiger partial charge in [-0.1, -0.05) is 146 Å². The number of allylic oxidation sites excluding steroid dienone is 13. The Morgan fingerprint density at radius 2 is 1.54 bits per heavy atom. The van der Waals surface area contributed by atoms with Crippen molar-refractivity contribution in [2.75, 3.05) is 0 Å². The van der Waals surface area contributed by atoms with Gasteiger partial charge in [0.05, 0.1) is 17.4 Å². The van der Waals surface area contributed by atoms with Gasteiger partial charge in [-0.15, -0.1) is 0 Å². The van der Waals surface area contributed by atoms with E-state index in [0.717, 1.165) is 47.6 Å². The van der Waals surface area contributed by atoms with Crippen molar-refractivity contribution in [3.8, 4) is 11.3 Å². The summed E-state index contributed by atoms with van der Waals surface area (Å²) in [5.74, 6) is 0.835. The Kier molecular flexibility index (Phi) is 9.07. The number of dihydropyridines is 1. The standard InChI is InChI=1S/C54H45N3/c1-3-36(49-31-39-14-4-7-17-43(39)45-19-9-11-21-47(45)49)25-24-35(2)52-33-53(50-32-40-15-5-8-18-44(40)46-20-10-12-22-48(46)50)57-54(56-52)38-28-26-37(27-29-38)42-30-41-16-6-13-23-51(41)55-34-42/h3,5-6,8-13,15-16,18-28,30-34,38,51,55H,2,4,7,14,17,29H2,1H3/b25-24-,36-3+/t38-,51?/m0/s1. The minimum absolute atomic E-state index is 0.0268. The van der Waals surface area contributed by atoms with Crippen molar-refractivity contribution < 1.29 is 0 Å². The molecule has 3 nitrogen and oxygen atoms in total. The average molecular weight is 736 g/mol. The second kappa shape index (κ2) is 14.8. The van der Waals surface area contributed by atoms with Crippen LogP contribution in [0.4, 0.5) is 0 Å². The van der Waals surface area contributed by atoms with E-state index < -0.39 is 0 Å². The Labute approximate surface area is 335 Å². The Bertz CT molecular complexity index is 2890.